The van der Waals surface area contributed by atoms with Gasteiger partial charge in [-0.3, -0.25) is 4.79 Å². The van der Waals surface area contributed by atoms with E-state index >= 15 is 0 Å². The minimum absolute atomic E-state index is 0.0323. The van der Waals surface area contributed by atoms with Gasteiger partial charge < -0.3 is 19.5 Å². The van der Waals surface area contributed by atoms with Crippen LogP contribution in [-0.2, 0) is 14.3 Å². The SMILES string of the molecule is COc1cc(/C=C/C(=O)OCC(=O)Nc2ccc(F)cc2Cl)cc(Cl)c1OC. The van der Waals surface area contributed by atoms with Crippen LogP contribution in [0.1, 0.15) is 5.56 Å². The molecule has 1 N–H and O–H groups in total. The molecular weight excluding hydrogens is 412 g/mol. The summed E-state index contributed by atoms with van der Waals surface area (Å²) in [6.45, 7) is -0.538. The van der Waals surface area contributed by atoms with Crippen LogP contribution in [0, 0.1) is 5.82 Å². The molecule has 148 valence electrons. The second kappa shape index (κ2) is 9.96. The van der Waals surface area contributed by atoms with Crippen LogP contribution in [-0.4, -0.2) is 32.7 Å². The van der Waals surface area contributed by atoms with E-state index in [1.54, 1.807) is 12.1 Å². The lowest BCUT2D eigenvalue weighted by Gasteiger charge is -2.10. The second-order valence-corrected chi connectivity index (χ2v) is 6.17. The Balaban J connectivity index is 1.93. The summed E-state index contributed by atoms with van der Waals surface area (Å²) in [5, 5.41) is 2.76. The van der Waals surface area contributed by atoms with Crippen molar-refractivity contribution >= 4 is 46.8 Å². The number of nitrogens with one attached hydrogen (secondary N) is 1. The Labute approximate surface area is 170 Å². The number of amides is 1. The normalized spacial score (nSPS) is 10.6. The van der Waals surface area contributed by atoms with Gasteiger partial charge in [-0.2, -0.15) is 0 Å². The summed E-state index contributed by atoms with van der Waals surface area (Å²) in [4.78, 5) is 23.6. The first-order valence-corrected chi connectivity index (χ1v) is 8.61. The monoisotopic (exact) mass is 427 g/mol. The summed E-state index contributed by atoms with van der Waals surface area (Å²) in [7, 11) is 2.92. The van der Waals surface area contributed by atoms with Crippen LogP contribution in [0.4, 0.5) is 10.1 Å². The first-order valence-electron chi connectivity index (χ1n) is 7.85. The average molecular weight is 428 g/mol. The Kier molecular flexibility index (Phi) is 7.66. The molecule has 28 heavy (non-hydrogen) atoms. The predicted octanol–water partition coefficient (Wildman–Crippen LogP) is 4.34. The van der Waals surface area contributed by atoms with E-state index in [-0.39, 0.29) is 10.7 Å². The lowest BCUT2D eigenvalue weighted by atomic mass is 10.2. The summed E-state index contributed by atoms with van der Waals surface area (Å²) in [5.41, 5.74) is 0.779. The first-order chi connectivity index (χ1) is 13.3. The van der Waals surface area contributed by atoms with E-state index in [1.165, 1.54) is 26.4 Å². The van der Waals surface area contributed by atoms with Gasteiger partial charge in [0.1, 0.15) is 5.82 Å². The Morgan fingerprint density at radius 3 is 2.50 bits per heavy atom. The van der Waals surface area contributed by atoms with Crippen molar-refractivity contribution in [2.24, 2.45) is 0 Å². The Bertz CT molecular complexity index is 917. The van der Waals surface area contributed by atoms with E-state index in [2.05, 4.69) is 5.32 Å². The van der Waals surface area contributed by atoms with E-state index in [0.29, 0.717) is 22.1 Å². The highest BCUT2D eigenvalue weighted by Gasteiger charge is 2.11. The minimum Gasteiger partial charge on any atom is -0.493 e. The zero-order valence-corrected chi connectivity index (χ0v) is 16.4. The van der Waals surface area contributed by atoms with Crippen molar-refractivity contribution in [3.8, 4) is 11.5 Å². The number of rotatable bonds is 7. The third-order valence-electron chi connectivity index (χ3n) is 3.42. The highest BCUT2D eigenvalue weighted by Crippen LogP contribution is 2.36. The number of anilines is 1. The summed E-state index contributed by atoms with van der Waals surface area (Å²) >= 11 is 11.9. The molecule has 2 aromatic carbocycles. The van der Waals surface area contributed by atoms with Gasteiger partial charge in [0.05, 0.1) is 30.0 Å². The van der Waals surface area contributed by atoms with Crippen molar-refractivity contribution in [3.05, 3.63) is 57.8 Å². The molecule has 0 aliphatic carbocycles. The molecule has 2 rings (SSSR count). The fraction of sp³-hybridized carbons (Fsp3) is 0.158. The molecule has 0 atom stereocenters. The molecule has 0 bridgehead atoms. The molecule has 0 aliphatic heterocycles. The van der Waals surface area contributed by atoms with E-state index in [4.69, 9.17) is 37.4 Å². The molecule has 0 unspecified atom stereocenters. The lowest BCUT2D eigenvalue weighted by Crippen LogP contribution is -2.20. The van der Waals surface area contributed by atoms with Crippen LogP contribution in [0.3, 0.4) is 0 Å². The number of hydrogen-bond acceptors (Lipinski definition) is 5. The molecule has 0 aromatic heterocycles. The number of hydrogen-bond donors (Lipinski definition) is 1. The van der Waals surface area contributed by atoms with E-state index < -0.39 is 24.3 Å². The van der Waals surface area contributed by atoms with Crippen molar-refractivity contribution in [1.29, 1.82) is 0 Å². The molecule has 0 aliphatic rings. The predicted molar refractivity (Wildman–Crippen MR) is 105 cm³/mol. The average Bonchev–Trinajstić information content (AvgIpc) is 2.66. The number of benzene rings is 2. The van der Waals surface area contributed by atoms with Crippen LogP contribution in [0.15, 0.2) is 36.4 Å². The van der Waals surface area contributed by atoms with Crippen molar-refractivity contribution in [2.45, 2.75) is 0 Å². The first kappa shape index (κ1) is 21.5. The van der Waals surface area contributed by atoms with Gasteiger partial charge in [-0.15, -0.1) is 0 Å². The maximum atomic E-state index is 13.0. The molecule has 2 aromatic rings. The third kappa shape index (κ3) is 5.87. The summed E-state index contributed by atoms with van der Waals surface area (Å²) in [6, 6.07) is 6.70. The number of methoxy groups -OCH3 is 2. The minimum atomic E-state index is -0.744. The molecule has 0 heterocycles. The van der Waals surface area contributed by atoms with Crippen LogP contribution in [0.2, 0.25) is 10.0 Å². The number of carbonyl (C=O) groups is 2. The van der Waals surface area contributed by atoms with Gasteiger partial charge in [0.15, 0.2) is 18.1 Å². The smallest absolute Gasteiger partial charge is 0.331 e. The lowest BCUT2D eigenvalue weighted by molar-refractivity contribution is -0.142. The second-order valence-electron chi connectivity index (χ2n) is 5.35. The molecule has 0 fully saturated rings. The van der Waals surface area contributed by atoms with E-state index in [1.807, 2.05) is 0 Å². The van der Waals surface area contributed by atoms with Gasteiger partial charge >= 0.3 is 5.97 Å². The van der Waals surface area contributed by atoms with Gasteiger partial charge in [-0.05, 0) is 42.0 Å². The topological polar surface area (TPSA) is 73.9 Å². The number of carbonyl (C=O) groups excluding carboxylic acids is 2. The quantitative estimate of drug-likeness (QED) is 0.525. The fourth-order valence-electron chi connectivity index (χ4n) is 2.16. The van der Waals surface area contributed by atoms with Crippen molar-refractivity contribution < 1.29 is 28.2 Å². The number of ether oxygens (including phenoxy) is 3. The van der Waals surface area contributed by atoms with Gasteiger partial charge in [0.25, 0.3) is 5.91 Å². The highest BCUT2D eigenvalue weighted by molar-refractivity contribution is 6.33. The van der Waals surface area contributed by atoms with Crippen LogP contribution < -0.4 is 14.8 Å². The molecule has 9 heteroatoms. The molecule has 6 nitrogen and oxygen atoms in total. The summed E-state index contributed by atoms with van der Waals surface area (Å²) in [6.07, 6.45) is 2.58. The van der Waals surface area contributed by atoms with Crippen molar-refractivity contribution in [3.63, 3.8) is 0 Å². The third-order valence-corrected chi connectivity index (χ3v) is 4.01. The molecule has 0 spiro atoms. The zero-order chi connectivity index (χ0) is 20.7. The van der Waals surface area contributed by atoms with Gasteiger partial charge in [-0.1, -0.05) is 23.2 Å². The summed E-state index contributed by atoms with van der Waals surface area (Å²) < 4.78 is 28.1. The molecule has 0 saturated heterocycles. The van der Waals surface area contributed by atoms with E-state index in [0.717, 1.165) is 18.2 Å². The molecule has 0 radical (unpaired) electrons. The standard InChI is InChI=1S/C19H16Cl2FNO5/c1-26-16-8-11(7-14(21)19(16)27-2)3-6-18(25)28-10-17(24)23-15-5-4-12(22)9-13(15)20/h3-9H,10H2,1-2H3,(H,23,24)/b6-3+. The van der Waals surface area contributed by atoms with Crippen molar-refractivity contribution in [2.75, 3.05) is 26.1 Å². The highest BCUT2D eigenvalue weighted by atomic mass is 35.5. The van der Waals surface area contributed by atoms with E-state index in [9.17, 15) is 14.0 Å². The Morgan fingerprint density at radius 1 is 1.11 bits per heavy atom. The zero-order valence-electron chi connectivity index (χ0n) is 14.9. The maximum Gasteiger partial charge on any atom is 0.331 e. The van der Waals surface area contributed by atoms with Gasteiger partial charge in [-0.25, -0.2) is 9.18 Å². The summed E-state index contributed by atoms with van der Waals surface area (Å²) in [5.74, 6) is -1.12. The van der Waals surface area contributed by atoms with Crippen LogP contribution >= 0.6 is 23.2 Å². The van der Waals surface area contributed by atoms with Crippen LogP contribution in [0.25, 0.3) is 6.08 Å². The van der Waals surface area contributed by atoms with Gasteiger partial charge in [0.2, 0.25) is 0 Å². The molecular formula is C19H16Cl2FNO5. The number of esters is 1. The fourth-order valence-corrected chi connectivity index (χ4v) is 2.67. The van der Waals surface area contributed by atoms with Crippen LogP contribution in [0.5, 0.6) is 11.5 Å². The van der Waals surface area contributed by atoms with Gasteiger partial charge in [0, 0.05) is 6.08 Å². The van der Waals surface area contributed by atoms with Crippen molar-refractivity contribution in [1.82, 2.24) is 0 Å². The number of halogens is 3. The largest absolute Gasteiger partial charge is 0.493 e. The Morgan fingerprint density at radius 2 is 1.86 bits per heavy atom. The molecule has 0 saturated carbocycles. The Hall–Kier alpha value is -2.77. The maximum absolute atomic E-state index is 13.0. The molecule has 1 amide bonds.